The average molecular weight is 341 g/mol. The summed E-state index contributed by atoms with van der Waals surface area (Å²) in [7, 11) is 2.33. The van der Waals surface area contributed by atoms with Crippen molar-refractivity contribution in [2.45, 2.75) is 50.2 Å². The van der Waals surface area contributed by atoms with Gasteiger partial charge in [-0.2, -0.15) is 13.2 Å². The third-order valence-electron chi connectivity index (χ3n) is 4.74. The maximum Gasteiger partial charge on any atom is 0.403 e. The predicted molar refractivity (Wildman–Crippen MR) is 70.2 cm³/mol. The first-order valence-electron chi connectivity index (χ1n) is 7.28. The summed E-state index contributed by atoms with van der Waals surface area (Å²) in [5, 5.41) is 0. The van der Waals surface area contributed by atoms with Crippen LogP contribution in [0.25, 0.3) is 0 Å². The number of halogens is 4. The zero-order valence-corrected chi connectivity index (χ0v) is 12.9. The fourth-order valence-corrected chi connectivity index (χ4v) is 3.42. The Balaban J connectivity index is 2.33. The second-order valence-corrected chi connectivity index (χ2v) is 6.01. The number of alkyl halides is 4. The number of esters is 1. The maximum atomic E-state index is 13.6. The van der Waals surface area contributed by atoms with E-state index in [0.29, 0.717) is 4.90 Å². The van der Waals surface area contributed by atoms with Gasteiger partial charge >= 0.3 is 12.1 Å². The van der Waals surface area contributed by atoms with E-state index in [1.165, 1.54) is 7.11 Å². The van der Waals surface area contributed by atoms with Crippen molar-refractivity contribution in [1.29, 1.82) is 0 Å². The predicted octanol–water partition coefficient (Wildman–Crippen LogP) is 1.85. The minimum atomic E-state index is -4.80. The average Bonchev–Trinajstić information content (AvgIpc) is 3.09. The normalized spacial score (nSPS) is 34.7. The van der Waals surface area contributed by atoms with Crippen molar-refractivity contribution in [3.8, 4) is 0 Å². The molecule has 0 spiro atoms. The second kappa shape index (κ2) is 6.26. The lowest BCUT2D eigenvalue weighted by molar-refractivity contribution is -0.228. The van der Waals surface area contributed by atoms with Gasteiger partial charge < -0.3 is 14.4 Å². The molecule has 2 aliphatic rings. The zero-order chi connectivity index (χ0) is 17.4. The molecular formula is C14H19F4NO4. The van der Waals surface area contributed by atoms with Crippen LogP contribution in [0.5, 0.6) is 0 Å². The number of hydrogen-bond donors (Lipinski definition) is 0. The molecule has 0 bridgehead atoms. The van der Waals surface area contributed by atoms with E-state index in [1.807, 2.05) is 0 Å². The SMILES string of the molecule is COC(=O)[C@@H]1C[C@@H](F)CN1C(=O)C1(C(F)(F)F)CCC(OC)C1. The third-order valence-corrected chi connectivity index (χ3v) is 4.74. The summed E-state index contributed by atoms with van der Waals surface area (Å²) in [5.41, 5.74) is -2.63. The first kappa shape index (κ1) is 18.0. The van der Waals surface area contributed by atoms with Gasteiger partial charge in [-0.1, -0.05) is 0 Å². The Hall–Kier alpha value is -1.38. The lowest BCUT2D eigenvalue weighted by Gasteiger charge is -2.35. The van der Waals surface area contributed by atoms with Crippen LogP contribution in [0.15, 0.2) is 0 Å². The van der Waals surface area contributed by atoms with E-state index in [-0.39, 0.29) is 12.8 Å². The van der Waals surface area contributed by atoms with Gasteiger partial charge in [0.25, 0.3) is 0 Å². The zero-order valence-electron chi connectivity index (χ0n) is 12.9. The number of nitrogens with zero attached hydrogens (tertiary/aromatic N) is 1. The number of carbonyl (C=O) groups is 2. The van der Waals surface area contributed by atoms with E-state index in [1.54, 1.807) is 0 Å². The molecule has 0 aromatic carbocycles. The number of amides is 1. The molecule has 0 N–H and O–H groups in total. The van der Waals surface area contributed by atoms with Gasteiger partial charge in [-0.05, 0) is 19.3 Å². The highest BCUT2D eigenvalue weighted by Crippen LogP contribution is 2.53. The summed E-state index contributed by atoms with van der Waals surface area (Å²) in [6.07, 6.45) is -8.26. The monoisotopic (exact) mass is 341 g/mol. The van der Waals surface area contributed by atoms with Crippen LogP contribution in [0.1, 0.15) is 25.7 Å². The lowest BCUT2D eigenvalue weighted by atomic mass is 9.83. The topological polar surface area (TPSA) is 55.8 Å². The van der Waals surface area contributed by atoms with Gasteiger partial charge in [0.1, 0.15) is 17.6 Å². The molecule has 2 unspecified atom stereocenters. The van der Waals surface area contributed by atoms with Crippen molar-refractivity contribution in [3.05, 3.63) is 0 Å². The van der Waals surface area contributed by atoms with Crippen molar-refractivity contribution in [2.24, 2.45) is 5.41 Å². The lowest BCUT2D eigenvalue weighted by Crippen LogP contribution is -2.54. The van der Waals surface area contributed by atoms with E-state index in [9.17, 15) is 27.2 Å². The first-order valence-corrected chi connectivity index (χ1v) is 7.28. The number of methoxy groups -OCH3 is 2. The molecule has 0 aromatic heterocycles. The molecule has 132 valence electrons. The van der Waals surface area contributed by atoms with E-state index < -0.39 is 61.2 Å². The summed E-state index contributed by atoms with van der Waals surface area (Å²) >= 11 is 0. The standard InChI is InChI=1S/C14H19F4NO4/c1-22-9-3-4-13(6-9,14(16,17)18)12(21)19-7-8(15)5-10(19)11(20)23-2/h8-10H,3-7H2,1-2H3/t8-,9?,10+,13?/m1/s1. The van der Waals surface area contributed by atoms with E-state index >= 15 is 0 Å². The molecule has 1 saturated carbocycles. The first-order chi connectivity index (χ1) is 10.7. The van der Waals surface area contributed by atoms with Crippen molar-refractivity contribution in [3.63, 3.8) is 0 Å². The Morgan fingerprint density at radius 2 is 1.91 bits per heavy atom. The van der Waals surface area contributed by atoms with Gasteiger partial charge in [0.05, 0.1) is 19.8 Å². The van der Waals surface area contributed by atoms with Crippen LogP contribution in [0.2, 0.25) is 0 Å². The fraction of sp³-hybridized carbons (Fsp3) is 0.857. The minimum absolute atomic E-state index is 0.0809. The Morgan fingerprint density at radius 3 is 2.39 bits per heavy atom. The van der Waals surface area contributed by atoms with E-state index in [0.717, 1.165) is 7.11 Å². The van der Waals surface area contributed by atoms with Gasteiger partial charge in [-0.15, -0.1) is 0 Å². The molecule has 9 heteroatoms. The summed E-state index contributed by atoms with van der Waals surface area (Å²) in [6, 6.07) is -1.32. The molecule has 1 amide bonds. The Kier molecular flexibility index (Phi) is 4.89. The van der Waals surface area contributed by atoms with Crippen LogP contribution in [-0.2, 0) is 19.1 Å². The van der Waals surface area contributed by atoms with E-state index in [2.05, 4.69) is 4.74 Å². The van der Waals surface area contributed by atoms with Crippen molar-refractivity contribution < 1.29 is 36.6 Å². The largest absolute Gasteiger partial charge is 0.467 e. The molecule has 23 heavy (non-hydrogen) atoms. The maximum absolute atomic E-state index is 13.6. The third kappa shape index (κ3) is 3.02. The van der Waals surface area contributed by atoms with Crippen LogP contribution < -0.4 is 0 Å². The molecule has 1 aliphatic carbocycles. The van der Waals surface area contributed by atoms with Crippen LogP contribution in [0, 0.1) is 5.41 Å². The molecule has 0 radical (unpaired) electrons. The van der Waals surface area contributed by atoms with Gasteiger partial charge in [-0.25, -0.2) is 9.18 Å². The van der Waals surface area contributed by atoms with Crippen LogP contribution in [-0.4, -0.2) is 62.0 Å². The molecule has 2 fully saturated rings. The minimum Gasteiger partial charge on any atom is -0.467 e. The van der Waals surface area contributed by atoms with Crippen molar-refractivity contribution in [1.82, 2.24) is 4.90 Å². The molecular weight excluding hydrogens is 322 g/mol. The van der Waals surface area contributed by atoms with Gasteiger partial charge in [-0.3, -0.25) is 4.79 Å². The smallest absolute Gasteiger partial charge is 0.403 e. The Bertz CT molecular complexity index is 484. The number of ether oxygens (including phenoxy) is 2. The highest BCUT2D eigenvalue weighted by molar-refractivity contribution is 5.89. The molecule has 4 atom stereocenters. The van der Waals surface area contributed by atoms with Crippen molar-refractivity contribution in [2.75, 3.05) is 20.8 Å². The Morgan fingerprint density at radius 1 is 1.26 bits per heavy atom. The molecule has 1 heterocycles. The van der Waals surface area contributed by atoms with Gasteiger partial charge in [0.15, 0.2) is 0 Å². The fourth-order valence-electron chi connectivity index (χ4n) is 3.42. The number of likely N-dealkylation sites (tertiary alicyclic amines) is 1. The van der Waals surface area contributed by atoms with Crippen LogP contribution in [0.3, 0.4) is 0 Å². The van der Waals surface area contributed by atoms with Gasteiger partial charge in [0, 0.05) is 13.5 Å². The summed E-state index contributed by atoms with van der Waals surface area (Å²) in [4.78, 5) is 25.0. The number of rotatable bonds is 3. The summed E-state index contributed by atoms with van der Waals surface area (Å²) in [5.74, 6) is -2.17. The highest BCUT2D eigenvalue weighted by atomic mass is 19.4. The van der Waals surface area contributed by atoms with Gasteiger partial charge in [0.2, 0.25) is 5.91 Å². The number of hydrogen-bond acceptors (Lipinski definition) is 4. The molecule has 1 aliphatic heterocycles. The molecule has 5 nitrogen and oxygen atoms in total. The Labute approximate surface area is 130 Å². The van der Waals surface area contributed by atoms with Crippen LogP contribution >= 0.6 is 0 Å². The molecule has 0 aromatic rings. The van der Waals surface area contributed by atoms with Crippen molar-refractivity contribution >= 4 is 11.9 Å². The molecule has 2 rings (SSSR count). The summed E-state index contributed by atoms with van der Waals surface area (Å²) < 4.78 is 63.9. The second-order valence-electron chi connectivity index (χ2n) is 6.01. The quantitative estimate of drug-likeness (QED) is 0.581. The van der Waals surface area contributed by atoms with E-state index in [4.69, 9.17) is 4.74 Å². The van der Waals surface area contributed by atoms with Crippen LogP contribution in [0.4, 0.5) is 17.6 Å². The highest BCUT2D eigenvalue weighted by Gasteiger charge is 2.65. The molecule has 1 saturated heterocycles. The number of carbonyl (C=O) groups excluding carboxylic acids is 2. The summed E-state index contributed by atoms with van der Waals surface area (Å²) in [6.45, 7) is -0.534.